The minimum atomic E-state index is -0.339. The molecule has 0 aliphatic carbocycles. The molecule has 0 aliphatic rings. The molecule has 2 heterocycles. The SMILES string of the molecule is CCOc1ccc2[nH]c(C(OCC)c3ccc(OCc4ccccc4)nc3)nc2c1. The van der Waals surface area contributed by atoms with Crippen molar-refractivity contribution in [3.63, 3.8) is 0 Å². The second kappa shape index (κ2) is 9.41. The van der Waals surface area contributed by atoms with Crippen molar-refractivity contribution in [2.45, 2.75) is 26.6 Å². The van der Waals surface area contributed by atoms with Crippen molar-refractivity contribution in [2.75, 3.05) is 13.2 Å². The average Bonchev–Trinajstić information content (AvgIpc) is 3.20. The minimum absolute atomic E-state index is 0.339. The fourth-order valence-electron chi connectivity index (χ4n) is 3.25. The lowest BCUT2D eigenvalue weighted by molar-refractivity contribution is 0.0856. The Bertz CT molecular complexity index is 1080. The molecule has 0 radical (unpaired) electrons. The highest BCUT2D eigenvalue weighted by atomic mass is 16.5. The number of benzene rings is 2. The van der Waals surface area contributed by atoms with Crippen molar-refractivity contribution in [3.8, 4) is 11.6 Å². The van der Waals surface area contributed by atoms with E-state index >= 15 is 0 Å². The molecule has 0 fully saturated rings. The van der Waals surface area contributed by atoms with Gasteiger partial charge in [0, 0.05) is 30.5 Å². The average molecular weight is 403 g/mol. The molecular formula is C24H25N3O3. The summed E-state index contributed by atoms with van der Waals surface area (Å²) in [5.41, 5.74) is 3.79. The Kier molecular flexibility index (Phi) is 6.25. The number of fused-ring (bicyclic) bond motifs is 1. The van der Waals surface area contributed by atoms with Gasteiger partial charge in [0.05, 0.1) is 17.6 Å². The molecule has 30 heavy (non-hydrogen) atoms. The van der Waals surface area contributed by atoms with Crippen molar-refractivity contribution in [2.24, 2.45) is 0 Å². The predicted octanol–water partition coefficient (Wildman–Crippen LogP) is 5.06. The van der Waals surface area contributed by atoms with Gasteiger partial charge in [-0.1, -0.05) is 30.3 Å². The van der Waals surface area contributed by atoms with Gasteiger partial charge in [-0.15, -0.1) is 0 Å². The van der Waals surface area contributed by atoms with Crippen LogP contribution >= 0.6 is 0 Å². The Labute approximate surface area is 175 Å². The summed E-state index contributed by atoms with van der Waals surface area (Å²) in [4.78, 5) is 12.5. The van der Waals surface area contributed by atoms with Crippen LogP contribution in [0.5, 0.6) is 11.6 Å². The highest BCUT2D eigenvalue weighted by molar-refractivity contribution is 5.77. The van der Waals surface area contributed by atoms with Crippen molar-refractivity contribution < 1.29 is 14.2 Å². The maximum atomic E-state index is 5.98. The largest absolute Gasteiger partial charge is 0.494 e. The van der Waals surface area contributed by atoms with Crippen LogP contribution in [0.1, 0.15) is 36.9 Å². The number of rotatable bonds is 9. The maximum absolute atomic E-state index is 5.98. The summed E-state index contributed by atoms with van der Waals surface area (Å²) in [6.07, 6.45) is 1.44. The third-order valence-electron chi connectivity index (χ3n) is 4.66. The Morgan fingerprint density at radius 3 is 2.53 bits per heavy atom. The minimum Gasteiger partial charge on any atom is -0.494 e. The highest BCUT2D eigenvalue weighted by Crippen LogP contribution is 2.28. The van der Waals surface area contributed by atoms with Crippen LogP contribution in [0.15, 0.2) is 66.9 Å². The third kappa shape index (κ3) is 4.60. The molecule has 0 aliphatic heterocycles. The summed E-state index contributed by atoms with van der Waals surface area (Å²) in [5.74, 6) is 2.11. The number of ether oxygens (including phenoxy) is 3. The Morgan fingerprint density at radius 1 is 0.933 bits per heavy atom. The van der Waals surface area contributed by atoms with E-state index in [0.717, 1.165) is 33.7 Å². The molecule has 4 aromatic rings. The van der Waals surface area contributed by atoms with Crippen molar-refractivity contribution in [1.82, 2.24) is 15.0 Å². The predicted molar refractivity (Wildman–Crippen MR) is 116 cm³/mol. The molecule has 0 amide bonds. The molecule has 1 unspecified atom stereocenters. The lowest BCUT2D eigenvalue weighted by Crippen LogP contribution is -2.09. The van der Waals surface area contributed by atoms with Gasteiger partial charge in [0.15, 0.2) is 0 Å². The summed E-state index contributed by atoms with van der Waals surface area (Å²) in [5, 5.41) is 0. The molecular weight excluding hydrogens is 378 g/mol. The number of hydrogen-bond acceptors (Lipinski definition) is 5. The molecule has 0 saturated heterocycles. The van der Waals surface area contributed by atoms with Crippen molar-refractivity contribution in [3.05, 3.63) is 83.8 Å². The van der Waals surface area contributed by atoms with E-state index in [1.807, 2.05) is 74.5 Å². The van der Waals surface area contributed by atoms with Gasteiger partial charge in [-0.05, 0) is 37.6 Å². The first-order chi connectivity index (χ1) is 14.8. The summed E-state index contributed by atoms with van der Waals surface area (Å²) in [6.45, 7) is 5.58. The van der Waals surface area contributed by atoms with Crippen LogP contribution in [0.2, 0.25) is 0 Å². The van der Waals surface area contributed by atoms with Gasteiger partial charge in [0.1, 0.15) is 24.3 Å². The van der Waals surface area contributed by atoms with Gasteiger partial charge < -0.3 is 19.2 Å². The van der Waals surface area contributed by atoms with Gasteiger partial charge >= 0.3 is 0 Å². The van der Waals surface area contributed by atoms with Crippen LogP contribution in [0.4, 0.5) is 0 Å². The summed E-state index contributed by atoms with van der Waals surface area (Å²) in [7, 11) is 0. The Morgan fingerprint density at radius 2 is 1.80 bits per heavy atom. The van der Waals surface area contributed by atoms with E-state index < -0.39 is 0 Å². The van der Waals surface area contributed by atoms with E-state index in [9.17, 15) is 0 Å². The molecule has 4 rings (SSSR count). The molecule has 6 nitrogen and oxygen atoms in total. The Balaban J connectivity index is 1.53. The Hall–Kier alpha value is -3.38. The van der Waals surface area contributed by atoms with E-state index in [4.69, 9.17) is 19.2 Å². The van der Waals surface area contributed by atoms with Crippen LogP contribution < -0.4 is 9.47 Å². The number of hydrogen-bond donors (Lipinski definition) is 1. The third-order valence-corrected chi connectivity index (χ3v) is 4.66. The second-order valence-electron chi connectivity index (χ2n) is 6.77. The van der Waals surface area contributed by atoms with Crippen LogP contribution in [-0.2, 0) is 11.3 Å². The van der Waals surface area contributed by atoms with E-state index in [0.29, 0.717) is 25.7 Å². The van der Waals surface area contributed by atoms with E-state index in [1.54, 1.807) is 6.20 Å². The van der Waals surface area contributed by atoms with Crippen molar-refractivity contribution in [1.29, 1.82) is 0 Å². The van der Waals surface area contributed by atoms with Crippen LogP contribution in [0.25, 0.3) is 11.0 Å². The number of H-pyrrole nitrogens is 1. The lowest BCUT2D eigenvalue weighted by Gasteiger charge is -2.15. The summed E-state index contributed by atoms with van der Waals surface area (Å²) < 4.78 is 17.3. The zero-order valence-corrected chi connectivity index (χ0v) is 17.2. The first kappa shape index (κ1) is 19.9. The molecule has 0 bridgehead atoms. The topological polar surface area (TPSA) is 69.3 Å². The quantitative estimate of drug-likeness (QED) is 0.423. The van der Waals surface area contributed by atoms with Crippen LogP contribution in [0.3, 0.4) is 0 Å². The number of imidazole rings is 1. The smallest absolute Gasteiger partial charge is 0.213 e. The van der Waals surface area contributed by atoms with Gasteiger partial charge in [0.2, 0.25) is 5.88 Å². The summed E-state index contributed by atoms with van der Waals surface area (Å²) in [6, 6.07) is 19.7. The van der Waals surface area contributed by atoms with Gasteiger partial charge in [0.25, 0.3) is 0 Å². The second-order valence-corrected chi connectivity index (χ2v) is 6.77. The number of aromatic amines is 1. The first-order valence-corrected chi connectivity index (χ1v) is 10.1. The number of pyridine rings is 1. The number of nitrogens with one attached hydrogen (secondary N) is 1. The van der Waals surface area contributed by atoms with Crippen molar-refractivity contribution >= 4 is 11.0 Å². The van der Waals surface area contributed by atoms with E-state index in [1.165, 1.54) is 0 Å². The fraction of sp³-hybridized carbons (Fsp3) is 0.250. The van der Waals surface area contributed by atoms with Gasteiger partial charge in [-0.25, -0.2) is 9.97 Å². The highest BCUT2D eigenvalue weighted by Gasteiger charge is 2.19. The molecule has 1 atom stereocenters. The molecule has 6 heteroatoms. The van der Waals surface area contributed by atoms with Gasteiger partial charge in [-0.2, -0.15) is 0 Å². The molecule has 0 spiro atoms. The molecule has 1 N–H and O–H groups in total. The standard InChI is InChI=1S/C24H25N3O3/c1-3-28-19-11-12-20-21(14-19)27-24(26-20)23(29-4-2)18-10-13-22(25-15-18)30-16-17-8-6-5-7-9-17/h5-15,23H,3-4,16H2,1-2H3,(H,26,27). The first-order valence-electron chi connectivity index (χ1n) is 10.1. The van der Waals surface area contributed by atoms with Crippen LogP contribution in [0, 0.1) is 0 Å². The number of aromatic nitrogens is 3. The molecule has 2 aromatic carbocycles. The van der Waals surface area contributed by atoms with Gasteiger partial charge in [-0.3, -0.25) is 0 Å². The normalized spacial score (nSPS) is 12.1. The fourth-order valence-corrected chi connectivity index (χ4v) is 3.25. The molecule has 2 aromatic heterocycles. The summed E-state index contributed by atoms with van der Waals surface area (Å²) >= 11 is 0. The monoisotopic (exact) mass is 403 g/mol. The zero-order valence-electron chi connectivity index (χ0n) is 17.2. The zero-order chi connectivity index (χ0) is 20.8. The van der Waals surface area contributed by atoms with E-state index in [-0.39, 0.29) is 6.10 Å². The molecule has 154 valence electrons. The number of nitrogens with zero attached hydrogens (tertiary/aromatic N) is 2. The molecule has 0 saturated carbocycles. The maximum Gasteiger partial charge on any atom is 0.213 e. The van der Waals surface area contributed by atoms with Crippen LogP contribution in [-0.4, -0.2) is 28.2 Å². The lowest BCUT2D eigenvalue weighted by atomic mass is 10.1. The van der Waals surface area contributed by atoms with E-state index in [2.05, 4.69) is 9.97 Å².